The predicted octanol–water partition coefficient (Wildman–Crippen LogP) is 3.10. The number of nitro groups is 1. The van der Waals surface area contributed by atoms with Crippen molar-refractivity contribution >= 4 is 17.3 Å². The summed E-state index contributed by atoms with van der Waals surface area (Å²) in [5.41, 5.74) is 1.73. The van der Waals surface area contributed by atoms with Crippen molar-refractivity contribution in [3.05, 3.63) is 63.2 Å². The molecule has 0 saturated heterocycles. The fraction of sp³-hybridized carbons (Fsp3) is 0.176. The first-order valence-electron chi connectivity index (χ1n) is 7.10. The quantitative estimate of drug-likeness (QED) is 0.671. The Bertz CT molecular complexity index is 840. The number of carbonyl (C=O) groups excluding carboxylic acids is 1. The molecule has 0 saturated carbocycles. The zero-order chi connectivity index (χ0) is 17.7. The van der Waals surface area contributed by atoms with Crippen LogP contribution in [0.25, 0.3) is 0 Å². The number of nitro benzene ring substituents is 1. The lowest BCUT2D eigenvalue weighted by molar-refractivity contribution is -0.384. The summed E-state index contributed by atoms with van der Waals surface area (Å²) in [7, 11) is 0. The van der Waals surface area contributed by atoms with Gasteiger partial charge in [0, 0.05) is 6.07 Å². The smallest absolute Gasteiger partial charge is 0.293 e. The summed E-state index contributed by atoms with van der Waals surface area (Å²) in [6, 6.07) is 11.5. The summed E-state index contributed by atoms with van der Waals surface area (Å²) in [6.45, 7) is 3.14. The number of nitrogens with one attached hydrogen (secondary N) is 1. The molecule has 0 fully saturated rings. The molecular formula is C17H15N3O4. The van der Waals surface area contributed by atoms with Crippen molar-refractivity contribution in [3.63, 3.8) is 0 Å². The third kappa shape index (κ3) is 3.67. The van der Waals surface area contributed by atoms with Crippen molar-refractivity contribution in [2.75, 3.05) is 11.9 Å². The van der Waals surface area contributed by atoms with E-state index in [1.165, 1.54) is 6.07 Å². The number of carbonyl (C=O) groups is 1. The minimum atomic E-state index is -0.548. The molecule has 2 rings (SSSR count). The van der Waals surface area contributed by atoms with E-state index in [1.807, 2.05) is 6.07 Å². The molecule has 0 heterocycles. The van der Waals surface area contributed by atoms with E-state index < -0.39 is 10.8 Å². The first-order valence-corrected chi connectivity index (χ1v) is 7.10. The van der Waals surface area contributed by atoms with Gasteiger partial charge in [-0.25, -0.2) is 0 Å². The number of nitriles is 1. The van der Waals surface area contributed by atoms with Crippen molar-refractivity contribution in [1.82, 2.24) is 0 Å². The highest BCUT2D eigenvalue weighted by Crippen LogP contribution is 2.30. The third-order valence-electron chi connectivity index (χ3n) is 3.54. The predicted molar refractivity (Wildman–Crippen MR) is 87.9 cm³/mol. The Morgan fingerprint density at radius 1 is 1.29 bits per heavy atom. The molecule has 0 aliphatic carbocycles. The minimum Gasteiger partial charge on any atom is -0.482 e. The molecule has 0 aliphatic heterocycles. The Hall–Kier alpha value is -3.40. The highest BCUT2D eigenvalue weighted by atomic mass is 16.6. The maximum absolute atomic E-state index is 12.1. The van der Waals surface area contributed by atoms with E-state index >= 15 is 0 Å². The summed E-state index contributed by atoms with van der Waals surface area (Å²) >= 11 is 0. The fourth-order valence-electron chi connectivity index (χ4n) is 2.12. The third-order valence-corrected chi connectivity index (χ3v) is 3.54. The zero-order valence-electron chi connectivity index (χ0n) is 13.2. The molecule has 1 N–H and O–H groups in total. The van der Waals surface area contributed by atoms with Gasteiger partial charge in [-0.2, -0.15) is 5.26 Å². The second-order valence-electron chi connectivity index (χ2n) is 5.10. The number of amides is 1. The average molecular weight is 325 g/mol. The Balaban J connectivity index is 2.15. The van der Waals surface area contributed by atoms with Crippen LogP contribution in [0, 0.1) is 35.3 Å². The van der Waals surface area contributed by atoms with E-state index in [-0.39, 0.29) is 23.7 Å². The number of rotatable bonds is 5. The Labute approximate surface area is 138 Å². The van der Waals surface area contributed by atoms with Crippen molar-refractivity contribution in [3.8, 4) is 11.8 Å². The van der Waals surface area contributed by atoms with Gasteiger partial charge in [0.2, 0.25) is 0 Å². The lowest BCUT2D eigenvalue weighted by atomic mass is 10.1. The van der Waals surface area contributed by atoms with Crippen LogP contribution >= 0.6 is 0 Å². The molecule has 0 aliphatic rings. The largest absolute Gasteiger partial charge is 0.482 e. The Morgan fingerprint density at radius 2 is 2.00 bits per heavy atom. The van der Waals surface area contributed by atoms with Crippen LogP contribution in [-0.2, 0) is 4.79 Å². The molecule has 0 spiro atoms. The van der Waals surface area contributed by atoms with Gasteiger partial charge in [0.15, 0.2) is 6.61 Å². The summed E-state index contributed by atoms with van der Waals surface area (Å²) < 4.78 is 5.33. The lowest BCUT2D eigenvalue weighted by Gasteiger charge is -2.12. The number of hydrogen-bond acceptors (Lipinski definition) is 5. The van der Waals surface area contributed by atoms with E-state index in [9.17, 15) is 14.9 Å². The van der Waals surface area contributed by atoms with E-state index in [4.69, 9.17) is 10.00 Å². The van der Waals surface area contributed by atoms with Crippen LogP contribution in [0.4, 0.5) is 11.4 Å². The SMILES string of the molecule is Cc1ccc([N+](=O)[O-])c(NC(=O)COc2ccccc2C#N)c1C. The molecule has 0 aromatic heterocycles. The fourth-order valence-corrected chi connectivity index (χ4v) is 2.12. The summed E-state index contributed by atoms with van der Waals surface area (Å²) in [6.07, 6.45) is 0. The summed E-state index contributed by atoms with van der Waals surface area (Å²) in [4.78, 5) is 22.7. The molecule has 7 heteroatoms. The molecular weight excluding hydrogens is 310 g/mol. The number of ether oxygens (including phenoxy) is 1. The van der Waals surface area contributed by atoms with Crippen molar-refractivity contribution in [1.29, 1.82) is 5.26 Å². The second kappa shape index (κ2) is 7.24. The highest BCUT2D eigenvalue weighted by molar-refractivity contribution is 5.95. The van der Waals surface area contributed by atoms with Gasteiger partial charge in [0.05, 0.1) is 10.5 Å². The van der Waals surface area contributed by atoms with E-state index in [2.05, 4.69) is 5.32 Å². The van der Waals surface area contributed by atoms with E-state index in [0.717, 1.165) is 5.56 Å². The summed E-state index contributed by atoms with van der Waals surface area (Å²) in [5.74, 6) is -0.259. The summed E-state index contributed by atoms with van der Waals surface area (Å²) in [5, 5.41) is 22.6. The van der Waals surface area contributed by atoms with Crippen molar-refractivity contribution < 1.29 is 14.5 Å². The topological polar surface area (TPSA) is 105 Å². The maximum Gasteiger partial charge on any atom is 0.293 e. The first kappa shape index (κ1) is 17.0. The van der Waals surface area contributed by atoms with E-state index in [0.29, 0.717) is 11.1 Å². The van der Waals surface area contributed by atoms with Crippen LogP contribution in [0.1, 0.15) is 16.7 Å². The first-order chi connectivity index (χ1) is 11.4. The molecule has 2 aromatic rings. The molecule has 24 heavy (non-hydrogen) atoms. The van der Waals surface area contributed by atoms with Gasteiger partial charge in [-0.15, -0.1) is 0 Å². The maximum atomic E-state index is 12.1. The Kier molecular flexibility index (Phi) is 5.12. The van der Waals surface area contributed by atoms with Crippen LogP contribution in [0.2, 0.25) is 0 Å². The number of benzene rings is 2. The van der Waals surface area contributed by atoms with Gasteiger partial charge < -0.3 is 10.1 Å². The number of anilines is 1. The van der Waals surface area contributed by atoms with Gasteiger partial charge in [0.25, 0.3) is 11.6 Å². The second-order valence-corrected chi connectivity index (χ2v) is 5.10. The van der Waals surface area contributed by atoms with Gasteiger partial charge in [-0.3, -0.25) is 14.9 Å². The van der Waals surface area contributed by atoms with Gasteiger partial charge in [-0.1, -0.05) is 18.2 Å². The van der Waals surface area contributed by atoms with Crippen molar-refractivity contribution in [2.24, 2.45) is 0 Å². The van der Waals surface area contributed by atoms with Crippen LogP contribution < -0.4 is 10.1 Å². The normalized spacial score (nSPS) is 9.88. The van der Waals surface area contributed by atoms with Crippen LogP contribution in [0.15, 0.2) is 36.4 Å². The molecule has 0 unspecified atom stereocenters. The molecule has 0 radical (unpaired) electrons. The monoisotopic (exact) mass is 325 g/mol. The lowest BCUT2D eigenvalue weighted by Crippen LogP contribution is -2.21. The van der Waals surface area contributed by atoms with Gasteiger partial charge in [-0.05, 0) is 37.1 Å². The highest BCUT2D eigenvalue weighted by Gasteiger charge is 2.19. The average Bonchev–Trinajstić information content (AvgIpc) is 2.57. The van der Waals surface area contributed by atoms with Crippen LogP contribution in [-0.4, -0.2) is 17.4 Å². The standard InChI is InChI=1S/C17H15N3O4/c1-11-7-8-14(20(22)23)17(12(11)2)19-16(21)10-24-15-6-4-3-5-13(15)9-18/h3-8H,10H2,1-2H3,(H,19,21). The molecule has 2 aromatic carbocycles. The van der Waals surface area contributed by atoms with Gasteiger partial charge >= 0.3 is 0 Å². The Morgan fingerprint density at radius 3 is 2.67 bits per heavy atom. The molecule has 7 nitrogen and oxygen atoms in total. The zero-order valence-corrected chi connectivity index (χ0v) is 13.2. The van der Waals surface area contributed by atoms with Crippen LogP contribution in [0.3, 0.4) is 0 Å². The molecule has 1 amide bonds. The van der Waals surface area contributed by atoms with Gasteiger partial charge in [0.1, 0.15) is 17.5 Å². The molecule has 0 bridgehead atoms. The number of para-hydroxylation sites is 1. The number of nitrogens with zero attached hydrogens (tertiary/aromatic N) is 2. The van der Waals surface area contributed by atoms with E-state index in [1.54, 1.807) is 44.2 Å². The molecule has 122 valence electrons. The minimum absolute atomic E-state index is 0.155. The van der Waals surface area contributed by atoms with Crippen molar-refractivity contribution in [2.45, 2.75) is 13.8 Å². The van der Waals surface area contributed by atoms with Crippen LogP contribution in [0.5, 0.6) is 5.75 Å². The number of aryl methyl sites for hydroxylation is 1. The molecule has 0 atom stereocenters. The number of hydrogen-bond donors (Lipinski definition) is 1.